The summed E-state index contributed by atoms with van der Waals surface area (Å²) < 4.78 is 28.9. The number of nitrogens with one attached hydrogen (secondary N) is 1. The molecule has 1 unspecified atom stereocenters. The van der Waals surface area contributed by atoms with Gasteiger partial charge in [0, 0.05) is 10.5 Å². The van der Waals surface area contributed by atoms with Gasteiger partial charge < -0.3 is 5.32 Å². The highest BCUT2D eigenvalue weighted by Gasteiger charge is 2.18. The lowest BCUT2D eigenvalue weighted by molar-refractivity contribution is 0.520. The van der Waals surface area contributed by atoms with Crippen molar-refractivity contribution >= 4 is 31.9 Å². The van der Waals surface area contributed by atoms with Crippen molar-refractivity contribution in [3.8, 4) is 0 Å². The molecule has 0 heterocycles. The minimum Gasteiger partial charge on any atom is -0.310 e. The summed E-state index contributed by atoms with van der Waals surface area (Å²) in [5, 5.41) is 3.28. The van der Waals surface area contributed by atoms with Crippen LogP contribution in [0.15, 0.2) is 45.3 Å². The summed E-state index contributed by atoms with van der Waals surface area (Å²) in [6.45, 7) is 2.68. The van der Waals surface area contributed by atoms with E-state index in [0.29, 0.717) is 23.0 Å². The van der Waals surface area contributed by atoms with Gasteiger partial charge in [0.1, 0.15) is 11.6 Å². The summed E-state index contributed by atoms with van der Waals surface area (Å²) in [5.41, 5.74) is 1.38. The van der Waals surface area contributed by atoms with E-state index in [0.717, 1.165) is 10.0 Å². The van der Waals surface area contributed by atoms with Gasteiger partial charge in [-0.1, -0.05) is 35.0 Å². The second-order valence-corrected chi connectivity index (χ2v) is 6.40. The van der Waals surface area contributed by atoms with Crippen LogP contribution in [-0.4, -0.2) is 6.54 Å². The smallest absolute Gasteiger partial charge is 0.137 e. The normalized spacial score (nSPS) is 12.4. The summed E-state index contributed by atoms with van der Waals surface area (Å²) in [6.07, 6.45) is 0.446. The summed E-state index contributed by atoms with van der Waals surface area (Å²) in [6, 6.07) is 9.60. The van der Waals surface area contributed by atoms with Gasteiger partial charge in [0.05, 0.1) is 4.47 Å². The molecule has 0 aromatic heterocycles. The molecule has 0 radical (unpaired) electrons. The van der Waals surface area contributed by atoms with Gasteiger partial charge in [0.25, 0.3) is 0 Å². The third-order valence-electron chi connectivity index (χ3n) is 3.24. The molecule has 1 nitrogen and oxygen atoms in total. The van der Waals surface area contributed by atoms with Gasteiger partial charge in [-0.2, -0.15) is 0 Å². The molecule has 2 aromatic rings. The predicted octanol–water partition coefficient (Wildman–Crippen LogP) is 5.38. The maximum Gasteiger partial charge on any atom is 0.137 e. The Balaban J connectivity index is 2.35. The third-order valence-corrected chi connectivity index (χ3v) is 4.57. The molecule has 1 atom stereocenters. The van der Waals surface area contributed by atoms with Gasteiger partial charge in [0.2, 0.25) is 0 Å². The second kappa shape index (κ2) is 7.47. The number of hydrogen-bond donors (Lipinski definition) is 1. The molecule has 0 saturated carbocycles. The summed E-state index contributed by atoms with van der Waals surface area (Å²) in [7, 11) is 0. The molecule has 0 aliphatic heterocycles. The van der Waals surface area contributed by atoms with Crippen LogP contribution in [0.5, 0.6) is 0 Å². The van der Waals surface area contributed by atoms with Crippen molar-refractivity contribution in [3.63, 3.8) is 0 Å². The molecule has 0 spiro atoms. The molecule has 0 aliphatic carbocycles. The molecule has 21 heavy (non-hydrogen) atoms. The third kappa shape index (κ3) is 4.11. The van der Waals surface area contributed by atoms with Crippen molar-refractivity contribution in [1.29, 1.82) is 0 Å². The van der Waals surface area contributed by atoms with E-state index in [4.69, 9.17) is 0 Å². The molecule has 0 aliphatic rings. The zero-order valence-corrected chi connectivity index (χ0v) is 14.6. The highest BCUT2D eigenvalue weighted by atomic mass is 79.9. The topological polar surface area (TPSA) is 12.0 Å². The predicted molar refractivity (Wildman–Crippen MR) is 88.3 cm³/mol. The summed E-state index contributed by atoms with van der Waals surface area (Å²) >= 11 is 6.63. The number of hydrogen-bond acceptors (Lipinski definition) is 1. The molecule has 1 N–H and O–H groups in total. The second-order valence-electron chi connectivity index (χ2n) is 4.69. The first-order valence-electron chi connectivity index (χ1n) is 6.64. The monoisotopic (exact) mass is 417 g/mol. The zero-order chi connectivity index (χ0) is 15.4. The van der Waals surface area contributed by atoms with Crippen LogP contribution in [0.4, 0.5) is 8.78 Å². The molecule has 0 bridgehead atoms. The standard InChI is InChI=1S/C16H15Br2F2N/c1-2-21-15(12-4-3-5-14(20)16(12)18)9-10-8-11(17)6-7-13(10)19/h3-8,15,21H,2,9H2,1H3. The van der Waals surface area contributed by atoms with Crippen molar-refractivity contribution in [2.75, 3.05) is 6.54 Å². The van der Waals surface area contributed by atoms with Crippen LogP contribution in [0, 0.1) is 11.6 Å². The number of likely N-dealkylation sites (N-methyl/N-ethyl adjacent to an activating group) is 1. The fourth-order valence-electron chi connectivity index (χ4n) is 2.25. The van der Waals surface area contributed by atoms with Crippen LogP contribution < -0.4 is 5.32 Å². The Morgan fingerprint density at radius 3 is 2.57 bits per heavy atom. The van der Waals surface area contributed by atoms with E-state index in [1.165, 1.54) is 12.1 Å². The van der Waals surface area contributed by atoms with Crippen molar-refractivity contribution < 1.29 is 8.78 Å². The fourth-order valence-corrected chi connectivity index (χ4v) is 3.20. The lowest BCUT2D eigenvalue weighted by Crippen LogP contribution is -2.24. The van der Waals surface area contributed by atoms with E-state index >= 15 is 0 Å². The quantitative estimate of drug-likeness (QED) is 0.686. The van der Waals surface area contributed by atoms with Gasteiger partial charge in [-0.3, -0.25) is 0 Å². The van der Waals surface area contributed by atoms with E-state index in [-0.39, 0.29) is 17.7 Å². The highest BCUT2D eigenvalue weighted by Crippen LogP contribution is 2.29. The number of rotatable bonds is 5. The Morgan fingerprint density at radius 2 is 1.86 bits per heavy atom. The van der Waals surface area contributed by atoms with Crippen molar-refractivity contribution in [2.24, 2.45) is 0 Å². The molecule has 0 amide bonds. The largest absolute Gasteiger partial charge is 0.310 e. The molecule has 0 fully saturated rings. The fraction of sp³-hybridized carbons (Fsp3) is 0.250. The van der Waals surface area contributed by atoms with E-state index in [1.54, 1.807) is 18.2 Å². The average molecular weight is 419 g/mol. The van der Waals surface area contributed by atoms with E-state index < -0.39 is 0 Å². The zero-order valence-electron chi connectivity index (χ0n) is 11.5. The highest BCUT2D eigenvalue weighted by molar-refractivity contribution is 9.10. The molecule has 2 aromatic carbocycles. The van der Waals surface area contributed by atoms with Crippen molar-refractivity contribution in [3.05, 3.63) is 68.1 Å². The Bertz CT molecular complexity index is 632. The Kier molecular flexibility index (Phi) is 5.90. The van der Waals surface area contributed by atoms with Crippen LogP contribution in [0.3, 0.4) is 0 Å². The molecule has 112 valence electrons. The first-order chi connectivity index (χ1) is 10.0. The van der Waals surface area contributed by atoms with E-state index in [1.807, 2.05) is 13.0 Å². The molecule has 0 saturated heterocycles. The summed E-state index contributed by atoms with van der Waals surface area (Å²) in [4.78, 5) is 0. The van der Waals surface area contributed by atoms with E-state index in [2.05, 4.69) is 37.2 Å². The van der Waals surface area contributed by atoms with Gasteiger partial charge >= 0.3 is 0 Å². The maximum absolute atomic E-state index is 13.9. The van der Waals surface area contributed by atoms with Gasteiger partial charge in [-0.05, 0) is 64.3 Å². The number of benzene rings is 2. The van der Waals surface area contributed by atoms with Crippen LogP contribution in [0.2, 0.25) is 0 Å². The Morgan fingerprint density at radius 1 is 1.10 bits per heavy atom. The van der Waals surface area contributed by atoms with Crippen molar-refractivity contribution in [2.45, 2.75) is 19.4 Å². The molecule has 5 heteroatoms. The summed E-state index contributed by atoms with van der Waals surface area (Å²) in [5.74, 6) is -0.571. The molecular weight excluding hydrogens is 404 g/mol. The lowest BCUT2D eigenvalue weighted by atomic mass is 9.98. The SMILES string of the molecule is CCNC(Cc1cc(Br)ccc1F)c1cccc(F)c1Br. The minimum atomic E-state index is -0.315. The van der Waals surface area contributed by atoms with E-state index in [9.17, 15) is 8.78 Å². The first-order valence-corrected chi connectivity index (χ1v) is 8.22. The molecule has 2 rings (SSSR count). The van der Waals surface area contributed by atoms with Gasteiger partial charge in [0.15, 0.2) is 0 Å². The first kappa shape index (κ1) is 16.6. The van der Waals surface area contributed by atoms with Crippen molar-refractivity contribution in [1.82, 2.24) is 5.32 Å². The van der Waals surface area contributed by atoms with Crippen LogP contribution in [0.25, 0.3) is 0 Å². The van der Waals surface area contributed by atoms with Gasteiger partial charge in [-0.15, -0.1) is 0 Å². The number of halogens is 4. The Hall–Kier alpha value is -0.780. The maximum atomic E-state index is 13.9. The van der Waals surface area contributed by atoms with Crippen LogP contribution in [0.1, 0.15) is 24.1 Å². The average Bonchev–Trinajstić information content (AvgIpc) is 2.45. The van der Waals surface area contributed by atoms with Crippen LogP contribution >= 0.6 is 31.9 Å². The lowest BCUT2D eigenvalue weighted by Gasteiger charge is -2.20. The molecular formula is C16H15Br2F2N. The Labute approximate surface area is 140 Å². The van der Waals surface area contributed by atoms with Crippen LogP contribution in [-0.2, 0) is 6.42 Å². The minimum absolute atomic E-state index is 0.163. The van der Waals surface area contributed by atoms with Gasteiger partial charge in [-0.25, -0.2) is 8.78 Å².